The van der Waals surface area contributed by atoms with E-state index in [1.54, 1.807) is 13.4 Å². The molecule has 0 aliphatic rings. The number of hydrogen-bond acceptors (Lipinski definition) is 3. The Labute approximate surface area is 136 Å². The molecule has 2 aromatic rings. The molecule has 122 valence electrons. The van der Waals surface area contributed by atoms with Crippen LogP contribution in [0.2, 0.25) is 0 Å². The molecule has 0 spiro atoms. The zero-order valence-electron chi connectivity index (χ0n) is 13.5. The standard InChI is InChI=1S/C18H23N3O2/c1-22-17-11-8-15(9-12-17)7-10-16(18-6-4-14-23-18)5-2-3-13-20-21-19/h4,6,8-9,11-12,14,16H,2-3,5,7,10,13H2,1H3/t16-/m1/s1. The number of furan rings is 1. The molecule has 0 bridgehead atoms. The number of rotatable bonds is 10. The van der Waals surface area contributed by atoms with Gasteiger partial charge in [-0.1, -0.05) is 23.7 Å². The van der Waals surface area contributed by atoms with Crippen molar-refractivity contribution in [3.05, 3.63) is 64.4 Å². The van der Waals surface area contributed by atoms with E-state index in [4.69, 9.17) is 14.7 Å². The number of benzene rings is 1. The Morgan fingerprint density at radius 1 is 1.17 bits per heavy atom. The van der Waals surface area contributed by atoms with E-state index in [1.165, 1.54) is 5.56 Å². The predicted octanol–water partition coefficient (Wildman–Crippen LogP) is 5.49. The van der Waals surface area contributed by atoms with Gasteiger partial charge in [-0.25, -0.2) is 0 Å². The van der Waals surface area contributed by atoms with Crippen molar-refractivity contribution in [1.82, 2.24) is 0 Å². The molecule has 1 aromatic heterocycles. The lowest BCUT2D eigenvalue weighted by Gasteiger charge is -2.14. The molecular formula is C18H23N3O2. The lowest BCUT2D eigenvalue weighted by atomic mass is 9.92. The van der Waals surface area contributed by atoms with E-state index in [0.717, 1.165) is 43.6 Å². The van der Waals surface area contributed by atoms with Crippen molar-refractivity contribution >= 4 is 0 Å². The highest BCUT2D eigenvalue weighted by molar-refractivity contribution is 5.27. The highest BCUT2D eigenvalue weighted by Gasteiger charge is 2.14. The molecule has 5 nitrogen and oxygen atoms in total. The molecule has 1 atom stereocenters. The summed E-state index contributed by atoms with van der Waals surface area (Å²) in [5, 5.41) is 3.59. The van der Waals surface area contributed by atoms with Gasteiger partial charge in [-0.15, -0.1) is 0 Å². The molecule has 0 unspecified atom stereocenters. The topological polar surface area (TPSA) is 71.1 Å². The zero-order chi connectivity index (χ0) is 16.3. The SMILES string of the molecule is COc1ccc(CC[C@@H](CCCCN=[N+]=[N-])c2ccco2)cc1. The van der Waals surface area contributed by atoms with Crippen molar-refractivity contribution in [2.24, 2.45) is 5.11 Å². The Bertz CT molecular complexity index is 602. The van der Waals surface area contributed by atoms with Crippen LogP contribution in [0.1, 0.15) is 42.9 Å². The maximum Gasteiger partial charge on any atom is 0.118 e. The van der Waals surface area contributed by atoms with Gasteiger partial charge in [0.25, 0.3) is 0 Å². The maximum absolute atomic E-state index is 8.31. The zero-order valence-corrected chi connectivity index (χ0v) is 13.5. The molecule has 23 heavy (non-hydrogen) atoms. The molecule has 0 fully saturated rings. The summed E-state index contributed by atoms with van der Waals surface area (Å²) in [4.78, 5) is 2.79. The lowest BCUT2D eigenvalue weighted by Crippen LogP contribution is -2.01. The average Bonchev–Trinajstić information content (AvgIpc) is 3.12. The van der Waals surface area contributed by atoms with E-state index in [0.29, 0.717) is 12.5 Å². The number of nitrogens with zero attached hydrogens (tertiary/aromatic N) is 3. The van der Waals surface area contributed by atoms with Gasteiger partial charge in [0, 0.05) is 17.4 Å². The van der Waals surface area contributed by atoms with Crippen LogP contribution in [0.4, 0.5) is 0 Å². The first-order chi connectivity index (χ1) is 11.3. The van der Waals surface area contributed by atoms with Gasteiger partial charge in [0.15, 0.2) is 0 Å². The molecular weight excluding hydrogens is 290 g/mol. The fourth-order valence-electron chi connectivity index (χ4n) is 2.70. The van der Waals surface area contributed by atoms with Crippen molar-refractivity contribution in [1.29, 1.82) is 0 Å². The number of hydrogen-bond donors (Lipinski definition) is 0. The Morgan fingerprint density at radius 3 is 2.65 bits per heavy atom. The minimum Gasteiger partial charge on any atom is -0.497 e. The Kier molecular flexibility index (Phi) is 7.08. The molecule has 5 heteroatoms. The van der Waals surface area contributed by atoms with E-state index in [-0.39, 0.29) is 0 Å². The molecule has 0 N–H and O–H groups in total. The highest BCUT2D eigenvalue weighted by Crippen LogP contribution is 2.28. The van der Waals surface area contributed by atoms with Crippen LogP contribution in [0.3, 0.4) is 0 Å². The third kappa shape index (κ3) is 5.72. The van der Waals surface area contributed by atoms with Crippen molar-refractivity contribution in [3.8, 4) is 5.75 Å². The van der Waals surface area contributed by atoms with Gasteiger partial charge in [-0.3, -0.25) is 0 Å². The number of azide groups is 1. The largest absolute Gasteiger partial charge is 0.497 e. The monoisotopic (exact) mass is 313 g/mol. The first-order valence-electron chi connectivity index (χ1n) is 8.00. The Morgan fingerprint density at radius 2 is 2.00 bits per heavy atom. The van der Waals surface area contributed by atoms with Gasteiger partial charge >= 0.3 is 0 Å². The van der Waals surface area contributed by atoms with Crippen molar-refractivity contribution < 1.29 is 9.15 Å². The van der Waals surface area contributed by atoms with E-state index >= 15 is 0 Å². The summed E-state index contributed by atoms with van der Waals surface area (Å²) >= 11 is 0. The van der Waals surface area contributed by atoms with Crippen LogP contribution in [-0.2, 0) is 6.42 Å². The van der Waals surface area contributed by atoms with Crippen LogP contribution in [0.25, 0.3) is 10.4 Å². The first kappa shape index (κ1) is 17.0. The molecule has 0 aliphatic heterocycles. The van der Waals surface area contributed by atoms with Crippen LogP contribution in [-0.4, -0.2) is 13.7 Å². The maximum atomic E-state index is 8.31. The number of ether oxygens (including phenoxy) is 1. The molecule has 2 rings (SSSR count). The second kappa shape index (κ2) is 9.59. The predicted molar refractivity (Wildman–Crippen MR) is 90.6 cm³/mol. The minimum atomic E-state index is 0.401. The fourth-order valence-corrected chi connectivity index (χ4v) is 2.70. The molecule has 0 saturated carbocycles. The normalized spacial score (nSPS) is 11.7. The number of methoxy groups -OCH3 is 1. The summed E-state index contributed by atoms with van der Waals surface area (Å²) in [6, 6.07) is 12.2. The van der Waals surface area contributed by atoms with E-state index in [9.17, 15) is 0 Å². The quantitative estimate of drug-likeness (QED) is 0.252. The second-order valence-electron chi connectivity index (χ2n) is 5.55. The Balaban J connectivity index is 1.87. The third-order valence-corrected chi connectivity index (χ3v) is 4.01. The van der Waals surface area contributed by atoms with Gasteiger partial charge in [-0.05, 0) is 61.0 Å². The fraction of sp³-hybridized carbons (Fsp3) is 0.444. The molecule has 0 aliphatic carbocycles. The van der Waals surface area contributed by atoms with Crippen LogP contribution in [0, 0.1) is 0 Å². The van der Waals surface area contributed by atoms with E-state index in [2.05, 4.69) is 22.2 Å². The van der Waals surface area contributed by atoms with Gasteiger partial charge in [0.1, 0.15) is 11.5 Å². The number of unbranched alkanes of at least 4 members (excludes halogenated alkanes) is 1. The van der Waals surface area contributed by atoms with Crippen molar-refractivity contribution in [3.63, 3.8) is 0 Å². The van der Waals surface area contributed by atoms with Crippen LogP contribution in [0.15, 0.2) is 52.2 Å². The summed E-state index contributed by atoms with van der Waals surface area (Å²) in [5.41, 5.74) is 9.61. The molecule has 1 aromatic carbocycles. The smallest absolute Gasteiger partial charge is 0.118 e. The molecule has 0 saturated heterocycles. The lowest BCUT2D eigenvalue weighted by molar-refractivity contribution is 0.413. The molecule has 0 radical (unpaired) electrons. The van der Waals surface area contributed by atoms with Gasteiger partial charge in [0.05, 0.1) is 13.4 Å². The molecule has 1 heterocycles. The van der Waals surface area contributed by atoms with E-state index in [1.807, 2.05) is 24.3 Å². The average molecular weight is 313 g/mol. The van der Waals surface area contributed by atoms with E-state index < -0.39 is 0 Å². The third-order valence-electron chi connectivity index (χ3n) is 4.01. The highest BCUT2D eigenvalue weighted by atomic mass is 16.5. The van der Waals surface area contributed by atoms with Crippen molar-refractivity contribution in [2.75, 3.05) is 13.7 Å². The number of aryl methyl sites for hydroxylation is 1. The van der Waals surface area contributed by atoms with Crippen LogP contribution >= 0.6 is 0 Å². The van der Waals surface area contributed by atoms with Crippen LogP contribution < -0.4 is 4.74 Å². The van der Waals surface area contributed by atoms with Crippen LogP contribution in [0.5, 0.6) is 5.75 Å². The summed E-state index contributed by atoms with van der Waals surface area (Å²) in [7, 11) is 1.68. The van der Waals surface area contributed by atoms with Gasteiger partial charge in [0.2, 0.25) is 0 Å². The first-order valence-corrected chi connectivity index (χ1v) is 8.00. The van der Waals surface area contributed by atoms with Gasteiger partial charge in [-0.2, -0.15) is 0 Å². The summed E-state index contributed by atoms with van der Waals surface area (Å²) in [6.07, 6.45) is 6.78. The summed E-state index contributed by atoms with van der Waals surface area (Å²) in [5.74, 6) is 2.33. The summed E-state index contributed by atoms with van der Waals surface area (Å²) < 4.78 is 10.8. The Hall–Kier alpha value is -2.39. The summed E-state index contributed by atoms with van der Waals surface area (Å²) in [6.45, 7) is 0.569. The molecule has 0 amide bonds. The second-order valence-corrected chi connectivity index (χ2v) is 5.55. The minimum absolute atomic E-state index is 0.401. The van der Waals surface area contributed by atoms with Gasteiger partial charge < -0.3 is 9.15 Å². The van der Waals surface area contributed by atoms with Crippen molar-refractivity contribution in [2.45, 2.75) is 38.0 Å².